The summed E-state index contributed by atoms with van der Waals surface area (Å²) in [6.45, 7) is 7.92. The molecule has 140 valence electrons. The molecule has 0 aromatic rings. The summed E-state index contributed by atoms with van der Waals surface area (Å²) in [6, 6.07) is 0.384. The minimum atomic E-state index is -0.302. The summed E-state index contributed by atoms with van der Waals surface area (Å²) in [6.07, 6.45) is 5.65. The molecule has 7 heteroatoms. The zero-order valence-electron chi connectivity index (χ0n) is 14.6. The van der Waals surface area contributed by atoms with Crippen LogP contribution in [0, 0.1) is 0 Å². The SMILES string of the molecule is CCC1CN(C(=O)CCCCCCN)CCN1CC(C)O.Cl.Cl. The van der Waals surface area contributed by atoms with Gasteiger partial charge in [-0.1, -0.05) is 19.8 Å². The van der Waals surface area contributed by atoms with Gasteiger partial charge < -0.3 is 15.7 Å². The smallest absolute Gasteiger partial charge is 0.222 e. The van der Waals surface area contributed by atoms with Crippen molar-refractivity contribution in [1.29, 1.82) is 0 Å². The van der Waals surface area contributed by atoms with Crippen molar-refractivity contribution in [2.24, 2.45) is 5.73 Å². The number of amides is 1. The number of carbonyl (C=O) groups is 1. The summed E-state index contributed by atoms with van der Waals surface area (Å²) in [5.41, 5.74) is 5.47. The topological polar surface area (TPSA) is 69.8 Å². The van der Waals surface area contributed by atoms with Crippen molar-refractivity contribution >= 4 is 30.7 Å². The highest BCUT2D eigenvalue weighted by molar-refractivity contribution is 5.85. The molecule has 1 aliphatic rings. The molecule has 1 aliphatic heterocycles. The monoisotopic (exact) mass is 371 g/mol. The van der Waals surface area contributed by atoms with Crippen LogP contribution in [-0.2, 0) is 4.79 Å². The van der Waals surface area contributed by atoms with Crippen LogP contribution in [0.1, 0.15) is 52.4 Å². The van der Waals surface area contributed by atoms with Gasteiger partial charge in [0.25, 0.3) is 0 Å². The van der Waals surface area contributed by atoms with Crippen LogP contribution in [0.3, 0.4) is 0 Å². The molecule has 3 N–H and O–H groups in total. The van der Waals surface area contributed by atoms with Gasteiger partial charge in [0.1, 0.15) is 0 Å². The van der Waals surface area contributed by atoms with Crippen LogP contribution < -0.4 is 5.73 Å². The maximum Gasteiger partial charge on any atom is 0.222 e. The lowest BCUT2D eigenvalue weighted by atomic mass is 10.1. The summed E-state index contributed by atoms with van der Waals surface area (Å²) < 4.78 is 0. The Bertz CT molecular complexity index is 307. The molecule has 0 radical (unpaired) electrons. The fourth-order valence-electron chi connectivity index (χ4n) is 3.02. The Hall–Kier alpha value is -0.0700. The van der Waals surface area contributed by atoms with Crippen molar-refractivity contribution in [3.05, 3.63) is 0 Å². The second-order valence-electron chi connectivity index (χ2n) is 6.20. The molecular formula is C16H35Cl2N3O2. The predicted molar refractivity (Wildman–Crippen MR) is 101 cm³/mol. The second-order valence-corrected chi connectivity index (χ2v) is 6.20. The first-order valence-corrected chi connectivity index (χ1v) is 8.48. The van der Waals surface area contributed by atoms with E-state index in [-0.39, 0.29) is 36.8 Å². The molecule has 0 bridgehead atoms. The van der Waals surface area contributed by atoms with Gasteiger partial charge in [-0.3, -0.25) is 9.69 Å². The lowest BCUT2D eigenvalue weighted by molar-refractivity contribution is -0.134. The molecule has 1 saturated heterocycles. The Morgan fingerprint density at radius 1 is 1.22 bits per heavy atom. The number of halogens is 2. The zero-order valence-corrected chi connectivity index (χ0v) is 16.2. The fourth-order valence-corrected chi connectivity index (χ4v) is 3.02. The number of hydrogen-bond donors (Lipinski definition) is 2. The van der Waals surface area contributed by atoms with Gasteiger partial charge in [0.2, 0.25) is 5.91 Å². The fraction of sp³-hybridized carbons (Fsp3) is 0.938. The summed E-state index contributed by atoms with van der Waals surface area (Å²) >= 11 is 0. The summed E-state index contributed by atoms with van der Waals surface area (Å²) in [4.78, 5) is 16.6. The molecule has 2 atom stereocenters. The number of hydrogen-bond acceptors (Lipinski definition) is 4. The van der Waals surface area contributed by atoms with Crippen molar-refractivity contribution < 1.29 is 9.90 Å². The molecule has 1 rings (SSSR count). The summed E-state index contributed by atoms with van der Waals surface area (Å²) in [5.74, 6) is 0.290. The number of aliphatic hydroxyl groups excluding tert-OH is 1. The number of nitrogens with zero attached hydrogens (tertiary/aromatic N) is 2. The summed E-state index contributed by atoms with van der Waals surface area (Å²) in [5, 5.41) is 9.55. The van der Waals surface area contributed by atoms with E-state index in [1.807, 2.05) is 11.8 Å². The molecule has 0 spiro atoms. The van der Waals surface area contributed by atoms with Crippen molar-refractivity contribution in [2.45, 2.75) is 64.5 Å². The van der Waals surface area contributed by atoms with Crippen molar-refractivity contribution in [1.82, 2.24) is 9.80 Å². The highest BCUT2D eigenvalue weighted by atomic mass is 35.5. The van der Waals surface area contributed by atoms with Crippen LogP contribution in [0.5, 0.6) is 0 Å². The maximum absolute atomic E-state index is 12.3. The Morgan fingerprint density at radius 3 is 2.43 bits per heavy atom. The van der Waals surface area contributed by atoms with E-state index in [9.17, 15) is 9.90 Å². The lowest BCUT2D eigenvalue weighted by Gasteiger charge is -2.41. The Kier molecular flexibility index (Phi) is 15.6. The first-order valence-electron chi connectivity index (χ1n) is 8.48. The van der Waals surface area contributed by atoms with E-state index in [1.54, 1.807) is 0 Å². The van der Waals surface area contributed by atoms with Crippen LogP contribution >= 0.6 is 24.8 Å². The number of rotatable bonds is 9. The first-order chi connectivity index (χ1) is 10.1. The average molecular weight is 372 g/mol. The molecule has 0 saturated carbocycles. The highest BCUT2D eigenvalue weighted by Gasteiger charge is 2.28. The summed E-state index contributed by atoms with van der Waals surface area (Å²) in [7, 11) is 0. The molecule has 5 nitrogen and oxygen atoms in total. The van der Waals surface area contributed by atoms with Gasteiger partial charge in [-0.25, -0.2) is 0 Å². The van der Waals surface area contributed by atoms with Crippen LogP contribution in [0.2, 0.25) is 0 Å². The maximum atomic E-state index is 12.3. The van der Waals surface area contributed by atoms with Crippen LogP contribution in [0.25, 0.3) is 0 Å². The van der Waals surface area contributed by atoms with Gasteiger partial charge in [-0.15, -0.1) is 24.8 Å². The number of β-amino-alcohol motifs (C(OH)–C–C–N with tert-alkyl or cyclic N) is 1. The minimum absolute atomic E-state index is 0. The zero-order chi connectivity index (χ0) is 15.7. The van der Waals surface area contributed by atoms with Gasteiger partial charge in [0, 0.05) is 38.6 Å². The van der Waals surface area contributed by atoms with Gasteiger partial charge >= 0.3 is 0 Å². The number of piperazine rings is 1. The van der Waals surface area contributed by atoms with Crippen molar-refractivity contribution in [2.75, 3.05) is 32.7 Å². The van der Waals surface area contributed by atoms with Gasteiger partial charge in [0.05, 0.1) is 6.10 Å². The lowest BCUT2D eigenvalue weighted by Crippen LogP contribution is -2.55. The van der Waals surface area contributed by atoms with E-state index < -0.39 is 0 Å². The predicted octanol–water partition coefficient (Wildman–Crippen LogP) is 2.04. The molecule has 0 aromatic heterocycles. The van der Waals surface area contributed by atoms with Crippen molar-refractivity contribution in [3.8, 4) is 0 Å². The number of aliphatic hydroxyl groups is 1. The number of carbonyl (C=O) groups excluding carboxylic acids is 1. The van der Waals surface area contributed by atoms with Crippen LogP contribution in [0.15, 0.2) is 0 Å². The normalized spacial score (nSPS) is 19.7. The molecule has 0 aliphatic carbocycles. The van der Waals surface area contributed by atoms with Crippen LogP contribution in [0.4, 0.5) is 0 Å². The minimum Gasteiger partial charge on any atom is -0.392 e. The quantitative estimate of drug-likeness (QED) is 0.608. The number of unbranched alkanes of at least 4 members (excludes halogenated alkanes) is 3. The van der Waals surface area contributed by atoms with E-state index in [0.717, 1.165) is 58.3 Å². The van der Waals surface area contributed by atoms with Gasteiger partial charge in [-0.05, 0) is 32.7 Å². The van der Waals surface area contributed by atoms with E-state index in [4.69, 9.17) is 5.73 Å². The van der Waals surface area contributed by atoms with Crippen molar-refractivity contribution in [3.63, 3.8) is 0 Å². The van der Waals surface area contributed by atoms with Gasteiger partial charge in [-0.2, -0.15) is 0 Å². The molecule has 2 unspecified atom stereocenters. The van der Waals surface area contributed by atoms with E-state index in [2.05, 4.69) is 11.8 Å². The average Bonchev–Trinajstić information content (AvgIpc) is 2.46. The molecule has 1 amide bonds. The third-order valence-corrected chi connectivity index (χ3v) is 4.27. The Morgan fingerprint density at radius 2 is 1.87 bits per heavy atom. The molecule has 1 heterocycles. The molecule has 0 aromatic carbocycles. The number of nitrogens with two attached hydrogens (primary N) is 1. The molecule has 23 heavy (non-hydrogen) atoms. The molecular weight excluding hydrogens is 337 g/mol. The first kappa shape index (κ1) is 25.2. The Balaban J connectivity index is 0. The second kappa shape index (κ2) is 14.3. The van der Waals surface area contributed by atoms with E-state index in [1.165, 1.54) is 0 Å². The molecule has 1 fully saturated rings. The highest BCUT2D eigenvalue weighted by Crippen LogP contribution is 2.15. The standard InChI is InChI=1S/C16H33N3O2.2ClH/c1-3-15-13-19(11-10-18(15)12-14(2)20)16(21)8-6-4-5-7-9-17;;/h14-15,20H,3-13,17H2,1-2H3;2*1H. The largest absolute Gasteiger partial charge is 0.392 e. The van der Waals surface area contributed by atoms with Gasteiger partial charge in [0.15, 0.2) is 0 Å². The van der Waals surface area contributed by atoms with E-state index in [0.29, 0.717) is 19.0 Å². The van der Waals surface area contributed by atoms with Crippen LogP contribution in [-0.4, -0.2) is 65.7 Å². The third-order valence-electron chi connectivity index (χ3n) is 4.27. The Labute approximate surface area is 153 Å². The third kappa shape index (κ3) is 9.72. The van der Waals surface area contributed by atoms with E-state index >= 15 is 0 Å².